The monoisotopic (exact) mass is 225 g/mol. The van der Waals surface area contributed by atoms with Crippen molar-refractivity contribution < 1.29 is 47.6 Å². The fourth-order valence-electron chi connectivity index (χ4n) is 0.618. The molecule has 6 nitrogen and oxygen atoms in total. The summed E-state index contributed by atoms with van der Waals surface area (Å²) in [5, 5.41) is 12.0. The number of benzene rings is 1. The van der Waals surface area contributed by atoms with Crippen LogP contribution in [0.15, 0.2) is 33.9 Å². The van der Waals surface area contributed by atoms with Crippen molar-refractivity contribution in [1.82, 2.24) is 0 Å². The van der Waals surface area contributed by atoms with E-state index in [0.29, 0.717) is 0 Å². The number of hydrogen-bond acceptors (Lipinski definition) is 4. The van der Waals surface area contributed by atoms with Crippen molar-refractivity contribution in [1.29, 1.82) is 0 Å². The molecule has 0 heterocycles. The molecule has 0 radical (unpaired) electrons. The molecule has 70 valence electrons. The van der Waals surface area contributed by atoms with Gasteiger partial charge < -0.3 is 5.11 Å². The van der Waals surface area contributed by atoms with Gasteiger partial charge >= 0.3 is 39.9 Å². The maximum absolute atomic E-state index is 10.1. The van der Waals surface area contributed by atoms with Crippen LogP contribution in [0.1, 0.15) is 0 Å². The molecule has 0 spiro atoms. The fourth-order valence-corrected chi connectivity index (χ4v) is 0.815. The fraction of sp³-hybridized carbons (Fsp3) is 0. The normalized spacial score (nSPS) is 11.2. The predicted molar refractivity (Wildman–Crippen MR) is 44.2 cm³/mol. The summed E-state index contributed by atoms with van der Waals surface area (Å²) in [6.45, 7) is 0. The van der Waals surface area contributed by atoms with Crippen LogP contribution in [-0.2, 0) is 10.3 Å². The number of rotatable bonds is 2. The first-order chi connectivity index (χ1) is 5.97. The number of phenolic OH excluding ortho intramolecular Hbond substituents is 1. The third-order valence-corrected chi connectivity index (χ3v) is 1.40. The molecule has 0 saturated carbocycles. The second-order valence-electron chi connectivity index (χ2n) is 2.15. The van der Waals surface area contributed by atoms with Crippen LogP contribution in [0.4, 0.5) is 5.69 Å². The van der Waals surface area contributed by atoms with Crippen LogP contribution >= 0.6 is 0 Å². The summed E-state index contributed by atoms with van der Waals surface area (Å²) in [4.78, 5) is 0. The molecule has 0 aliphatic carbocycles. The van der Waals surface area contributed by atoms with E-state index in [1.54, 1.807) is 0 Å². The van der Waals surface area contributed by atoms with E-state index in [-0.39, 0.29) is 41.0 Å². The molecule has 1 aromatic carbocycles. The molecule has 8 heteroatoms. The van der Waals surface area contributed by atoms with E-state index in [4.69, 9.17) is 9.66 Å². The van der Waals surface area contributed by atoms with Gasteiger partial charge in [-0.2, -0.15) is 8.42 Å². The van der Waals surface area contributed by atoms with Gasteiger partial charge in [-0.05, 0) is 28.8 Å². The third-order valence-electron chi connectivity index (χ3n) is 1.11. The molecule has 0 unspecified atom stereocenters. The minimum atomic E-state index is -4.44. The Morgan fingerprint density at radius 2 is 1.64 bits per heavy atom. The molecule has 0 fully saturated rings. The second kappa shape index (κ2) is 5.42. The van der Waals surface area contributed by atoms with Crippen LogP contribution in [-0.4, -0.2) is 18.1 Å². The van der Waals surface area contributed by atoms with Crippen molar-refractivity contribution in [3.63, 3.8) is 0 Å². The summed E-state index contributed by atoms with van der Waals surface area (Å²) < 4.78 is 31.1. The Hall–Kier alpha value is -0.470. The summed E-state index contributed by atoms with van der Waals surface area (Å²) in [6, 6.07) is 5.34. The average molecular weight is 225 g/mol. The maximum atomic E-state index is 10.1. The minimum absolute atomic E-state index is 0. The van der Waals surface area contributed by atoms with E-state index in [2.05, 4.69) is 9.63 Å². The summed E-state index contributed by atoms with van der Waals surface area (Å²) in [6.07, 6.45) is 0. The van der Waals surface area contributed by atoms with Gasteiger partial charge in [0.05, 0.1) is 5.69 Å². The number of nitrogens with zero attached hydrogens (tertiary/aromatic N) is 2. The molecule has 14 heavy (non-hydrogen) atoms. The molecular weight excluding hydrogens is 219 g/mol. The van der Waals surface area contributed by atoms with E-state index >= 15 is 0 Å². The molecule has 0 amide bonds. The van der Waals surface area contributed by atoms with Crippen molar-refractivity contribution in [3.8, 4) is 5.75 Å². The van der Waals surface area contributed by atoms with Crippen molar-refractivity contribution in [2.75, 3.05) is 0 Å². The zero-order valence-electron chi connectivity index (χ0n) is 7.32. The molecule has 0 atom stereocenters. The molecule has 0 saturated heterocycles. The van der Waals surface area contributed by atoms with Crippen molar-refractivity contribution in [2.45, 2.75) is 0 Å². The number of aromatic hydroxyl groups is 1. The van der Waals surface area contributed by atoms with Crippen molar-refractivity contribution in [3.05, 3.63) is 24.3 Å². The first kappa shape index (κ1) is 13.5. The molecular formula is C6H6N2NaO4S+. The summed E-state index contributed by atoms with van der Waals surface area (Å²) in [7, 11) is -4.44. The van der Waals surface area contributed by atoms with E-state index in [9.17, 15) is 8.42 Å². The largest absolute Gasteiger partial charge is 1.00 e. The third kappa shape index (κ3) is 5.30. The van der Waals surface area contributed by atoms with E-state index < -0.39 is 10.3 Å². The SMILES string of the molecule is O=S(=O)(O)N=Nc1ccc(O)cc1.[Na+]. The smallest absolute Gasteiger partial charge is 0.508 e. The molecule has 0 bridgehead atoms. The van der Waals surface area contributed by atoms with Crippen LogP contribution in [0.25, 0.3) is 0 Å². The zero-order valence-corrected chi connectivity index (χ0v) is 10.1. The first-order valence-electron chi connectivity index (χ1n) is 3.17. The topological polar surface area (TPSA) is 99.3 Å². The first-order valence-corrected chi connectivity index (χ1v) is 4.56. The van der Waals surface area contributed by atoms with Gasteiger partial charge in [-0.1, -0.05) is 0 Å². The van der Waals surface area contributed by atoms with Crippen molar-refractivity contribution in [2.24, 2.45) is 9.63 Å². The summed E-state index contributed by atoms with van der Waals surface area (Å²) in [5.74, 6) is 0.0332. The molecule has 0 aliphatic rings. The Kier molecular flexibility index (Phi) is 5.24. The van der Waals surface area contributed by atoms with Crippen molar-refractivity contribution >= 4 is 16.0 Å². The van der Waals surface area contributed by atoms with Gasteiger partial charge in [0.25, 0.3) is 0 Å². The van der Waals surface area contributed by atoms with Crippen LogP contribution < -0.4 is 29.6 Å². The van der Waals surface area contributed by atoms with E-state index in [1.165, 1.54) is 24.3 Å². The van der Waals surface area contributed by atoms with Gasteiger partial charge in [-0.25, -0.2) is 0 Å². The number of phenols is 1. The van der Waals surface area contributed by atoms with Gasteiger partial charge in [0.1, 0.15) is 5.75 Å². The zero-order chi connectivity index (χ0) is 9.90. The van der Waals surface area contributed by atoms with E-state index in [1.807, 2.05) is 0 Å². The Bertz CT molecular complexity index is 414. The maximum Gasteiger partial charge on any atom is 1.00 e. The Balaban J connectivity index is 0.00000169. The predicted octanol–water partition coefficient (Wildman–Crippen LogP) is -1.72. The average Bonchev–Trinajstić information content (AvgIpc) is 2.02. The Labute approximate surface area is 103 Å². The summed E-state index contributed by atoms with van der Waals surface area (Å²) in [5.41, 5.74) is 0.218. The van der Waals surface area contributed by atoms with E-state index in [0.717, 1.165) is 0 Å². The van der Waals surface area contributed by atoms with Crippen LogP contribution in [0.3, 0.4) is 0 Å². The Morgan fingerprint density at radius 1 is 1.14 bits per heavy atom. The molecule has 0 aliphatic heterocycles. The molecule has 1 aromatic rings. The summed E-state index contributed by atoms with van der Waals surface area (Å²) >= 11 is 0. The van der Waals surface area contributed by atoms with Gasteiger partial charge in [0.15, 0.2) is 0 Å². The molecule has 2 N–H and O–H groups in total. The van der Waals surface area contributed by atoms with Crippen LogP contribution in [0, 0.1) is 0 Å². The van der Waals surface area contributed by atoms with Gasteiger partial charge in [0, 0.05) is 0 Å². The van der Waals surface area contributed by atoms with Crippen LogP contribution in [0.2, 0.25) is 0 Å². The van der Waals surface area contributed by atoms with Gasteiger partial charge in [-0.15, -0.1) is 5.11 Å². The number of hydrogen-bond donors (Lipinski definition) is 2. The second-order valence-corrected chi connectivity index (χ2v) is 3.20. The van der Waals surface area contributed by atoms with Gasteiger partial charge in [0.2, 0.25) is 0 Å². The Morgan fingerprint density at radius 3 is 2.07 bits per heavy atom. The molecule has 1 rings (SSSR count). The quantitative estimate of drug-likeness (QED) is 0.355. The standard InChI is InChI=1S/C6H6N2O4S.Na/c9-6-3-1-5(2-4-6)7-8-13(10,11)12;/h1-4,9H,(H,10,11,12);/q;+1. The minimum Gasteiger partial charge on any atom is -0.508 e. The molecule has 0 aromatic heterocycles. The van der Waals surface area contributed by atoms with Gasteiger partial charge in [-0.3, -0.25) is 4.55 Å². The van der Waals surface area contributed by atoms with Crippen LogP contribution in [0.5, 0.6) is 5.75 Å².